The second-order valence-electron chi connectivity index (χ2n) is 4.23. The molecule has 0 radical (unpaired) electrons. The van der Waals surface area contributed by atoms with Gasteiger partial charge < -0.3 is 10.2 Å². The van der Waals surface area contributed by atoms with E-state index >= 15 is 0 Å². The SMILES string of the molecule is CC1NC(=O)CN(Cc2ccc(F)c(F)c2)C1=O. The van der Waals surface area contributed by atoms with Crippen molar-refractivity contribution in [1.82, 2.24) is 10.2 Å². The fraction of sp³-hybridized carbons (Fsp3) is 0.333. The van der Waals surface area contributed by atoms with Gasteiger partial charge in [0.2, 0.25) is 11.8 Å². The molecule has 1 aliphatic rings. The summed E-state index contributed by atoms with van der Waals surface area (Å²) in [5.74, 6) is -2.40. The molecule has 0 saturated carbocycles. The fourth-order valence-corrected chi connectivity index (χ4v) is 1.87. The van der Waals surface area contributed by atoms with Crippen LogP contribution < -0.4 is 5.32 Å². The minimum absolute atomic E-state index is 0.0673. The summed E-state index contributed by atoms with van der Waals surface area (Å²) >= 11 is 0. The van der Waals surface area contributed by atoms with E-state index in [2.05, 4.69) is 5.32 Å². The van der Waals surface area contributed by atoms with Crippen molar-refractivity contribution in [2.45, 2.75) is 19.5 Å². The van der Waals surface area contributed by atoms with Gasteiger partial charge in [-0.1, -0.05) is 6.07 Å². The number of nitrogens with zero attached hydrogens (tertiary/aromatic N) is 1. The molecule has 1 N–H and O–H groups in total. The quantitative estimate of drug-likeness (QED) is 0.849. The van der Waals surface area contributed by atoms with E-state index in [1.54, 1.807) is 6.92 Å². The standard InChI is InChI=1S/C12H12F2N2O2/c1-7-12(18)16(6-11(17)15-7)5-8-2-3-9(13)10(14)4-8/h2-4,7H,5-6H2,1H3,(H,15,17). The average Bonchev–Trinajstić information content (AvgIpc) is 2.30. The number of nitrogens with one attached hydrogen (secondary N) is 1. The van der Waals surface area contributed by atoms with E-state index in [0.717, 1.165) is 12.1 Å². The smallest absolute Gasteiger partial charge is 0.245 e. The van der Waals surface area contributed by atoms with Crippen molar-refractivity contribution in [3.05, 3.63) is 35.4 Å². The molecule has 0 aromatic heterocycles. The number of hydrogen-bond donors (Lipinski definition) is 1. The summed E-state index contributed by atoms with van der Waals surface area (Å²) < 4.78 is 25.8. The number of halogens is 2. The van der Waals surface area contributed by atoms with E-state index in [-0.39, 0.29) is 24.9 Å². The molecule has 0 aliphatic carbocycles. The Morgan fingerprint density at radius 2 is 2.06 bits per heavy atom. The van der Waals surface area contributed by atoms with E-state index in [1.165, 1.54) is 11.0 Å². The van der Waals surface area contributed by atoms with E-state index in [9.17, 15) is 18.4 Å². The topological polar surface area (TPSA) is 49.4 Å². The van der Waals surface area contributed by atoms with Crippen molar-refractivity contribution in [1.29, 1.82) is 0 Å². The van der Waals surface area contributed by atoms with E-state index in [0.29, 0.717) is 5.56 Å². The summed E-state index contributed by atoms with van der Waals surface area (Å²) in [5, 5.41) is 2.50. The molecule has 1 aromatic rings. The molecule has 2 amide bonds. The first-order valence-electron chi connectivity index (χ1n) is 5.49. The maximum atomic E-state index is 13.0. The molecule has 4 nitrogen and oxygen atoms in total. The van der Waals surface area contributed by atoms with Gasteiger partial charge in [-0.2, -0.15) is 0 Å². The summed E-state index contributed by atoms with van der Waals surface area (Å²) in [5.41, 5.74) is 0.448. The van der Waals surface area contributed by atoms with Gasteiger partial charge in [0, 0.05) is 6.54 Å². The average molecular weight is 254 g/mol. The highest BCUT2D eigenvalue weighted by Crippen LogP contribution is 2.13. The lowest BCUT2D eigenvalue weighted by atomic mass is 10.1. The number of amides is 2. The van der Waals surface area contributed by atoms with E-state index in [4.69, 9.17) is 0 Å². The van der Waals surface area contributed by atoms with Crippen LogP contribution in [0.1, 0.15) is 12.5 Å². The van der Waals surface area contributed by atoms with Crippen LogP contribution in [0.25, 0.3) is 0 Å². The summed E-state index contributed by atoms with van der Waals surface area (Å²) in [6, 6.07) is 2.84. The lowest BCUT2D eigenvalue weighted by molar-refractivity contribution is -0.144. The van der Waals surface area contributed by atoms with Gasteiger partial charge in [-0.3, -0.25) is 9.59 Å². The minimum Gasteiger partial charge on any atom is -0.343 e. The van der Waals surface area contributed by atoms with E-state index in [1.807, 2.05) is 0 Å². The molecule has 6 heteroatoms. The maximum Gasteiger partial charge on any atom is 0.245 e. The van der Waals surface area contributed by atoms with Crippen LogP contribution in [0.5, 0.6) is 0 Å². The van der Waals surface area contributed by atoms with Gasteiger partial charge in [0.05, 0.1) is 6.54 Å². The molecule has 2 rings (SSSR count). The maximum absolute atomic E-state index is 13.0. The van der Waals surface area contributed by atoms with Crippen LogP contribution in [0.4, 0.5) is 8.78 Å². The summed E-state index contributed by atoms with van der Waals surface area (Å²) in [4.78, 5) is 24.4. The lowest BCUT2D eigenvalue weighted by Crippen LogP contribution is -2.56. The van der Waals surface area contributed by atoms with Crippen LogP contribution in [0, 0.1) is 11.6 Å². The lowest BCUT2D eigenvalue weighted by Gasteiger charge is -2.30. The highest BCUT2D eigenvalue weighted by atomic mass is 19.2. The molecule has 1 fully saturated rings. The Morgan fingerprint density at radius 1 is 1.33 bits per heavy atom. The minimum atomic E-state index is -0.963. The van der Waals surface area contributed by atoms with Crippen LogP contribution in [-0.4, -0.2) is 29.3 Å². The Bertz CT molecular complexity index is 505. The van der Waals surface area contributed by atoms with Gasteiger partial charge >= 0.3 is 0 Å². The molecule has 1 atom stereocenters. The normalized spacial score (nSPS) is 19.9. The second kappa shape index (κ2) is 4.72. The van der Waals surface area contributed by atoms with Crippen LogP contribution in [-0.2, 0) is 16.1 Å². The molecule has 1 heterocycles. The molecule has 0 bridgehead atoms. The number of carbonyl (C=O) groups is 2. The Labute approximate surface area is 103 Å². The van der Waals surface area contributed by atoms with Crippen molar-refractivity contribution in [3.63, 3.8) is 0 Å². The number of benzene rings is 1. The number of carbonyl (C=O) groups excluding carboxylic acids is 2. The predicted octanol–water partition coefficient (Wildman–Crippen LogP) is 0.812. The number of rotatable bonds is 2. The van der Waals surface area contributed by atoms with Gasteiger partial charge in [0.15, 0.2) is 11.6 Å². The third-order valence-corrected chi connectivity index (χ3v) is 2.75. The predicted molar refractivity (Wildman–Crippen MR) is 59.4 cm³/mol. The zero-order valence-corrected chi connectivity index (χ0v) is 9.74. The zero-order chi connectivity index (χ0) is 13.3. The van der Waals surface area contributed by atoms with Crippen molar-refractivity contribution < 1.29 is 18.4 Å². The molecular weight excluding hydrogens is 242 g/mol. The van der Waals surface area contributed by atoms with Crippen LogP contribution >= 0.6 is 0 Å². The summed E-state index contributed by atoms with van der Waals surface area (Å²) in [6.07, 6.45) is 0. The second-order valence-corrected chi connectivity index (χ2v) is 4.23. The van der Waals surface area contributed by atoms with Crippen molar-refractivity contribution in [2.24, 2.45) is 0 Å². The van der Waals surface area contributed by atoms with Gasteiger partial charge in [0.1, 0.15) is 6.04 Å². The Hall–Kier alpha value is -1.98. The van der Waals surface area contributed by atoms with Crippen LogP contribution in [0.15, 0.2) is 18.2 Å². The van der Waals surface area contributed by atoms with Gasteiger partial charge in [-0.05, 0) is 24.6 Å². The summed E-state index contributed by atoms with van der Waals surface area (Å²) in [6.45, 7) is 1.60. The largest absolute Gasteiger partial charge is 0.343 e. The Morgan fingerprint density at radius 3 is 2.72 bits per heavy atom. The Balaban J connectivity index is 2.14. The number of piperazine rings is 1. The highest BCUT2D eigenvalue weighted by Gasteiger charge is 2.29. The molecular formula is C12H12F2N2O2. The van der Waals surface area contributed by atoms with Crippen LogP contribution in [0.2, 0.25) is 0 Å². The Kier molecular flexibility index (Phi) is 3.27. The van der Waals surface area contributed by atoms with Crippen molar-refractivity contribution in [3.8, 4) is 0 Å². The van der Waals surface area contributed by atoms with Gasteiger partial charge in [-0.25, -0.2) is 8.78 Å². The molecule has 18 heavy (non-hydrogen) atoms. The highest BCUT2D eigenvalue weighted by molar-refractivity contribution is 5.94. The summed E-state index contributed by atoms with van der Waals surface area (Å²) in [7, 11) is 0. The first-order valence-corrected chi connectivity index (χ1v) is 5.49. The third kappa shape index (κ3) is 2.47. The monoisotopic (exact) mass is 254 g/mol. The van der Waals surface area contributed by atoms with Gasteiger partial charge in [0.25, 0.3) is 0 Å². The van der Waals surface area contributed by atoms with Crippen LogP contribution in [0.3, 0.4) is 0 Å². The van der Waals surface area contributed by atoms with Crippen molar-refractivity contribution >= 4 is 11.8 Å². The van der Waals surface area contributed by atoms with E-state index < -0.39 is 17.7 Å². The molecule has 0 spiro atoms. The molecule has 1 aliphatic heterocycles. The first-order chi connectivity index (χ1) is 8.47. The van der Waals surface area contributed by atoms with Crippen molar-refractivity contribution in [2.75, 3.05) is 6.54 Å². The number of hydrogen-bond acceptors (Lipinski definition) is 2. The molecule has 1 unspecified atom stereocenters. The third-order valence-electron chi connectivity index (χ3n) is 2.75. The molecule has 1 aromatic carbocycles. The molecule has 96 valence electrons. The van der Waals surface area contributed by atoms with Gasteiger partial charge in [-0.15, -0.1) is 0 Å². The fourth-order valence-electron chi connectivity index (χ4n) is 1.87. The first kappa shape index (κ1) is 12.5. The molecule has 1 saturated heterocycles. The zero-order valence-electron chi connectivity index (χ0n) is 9.74.